The van der Waals surface area contributed by atoms with E-state index < -0.39 is 10.0 Å². The number of furan rings is 1. The molecule has 1 aliphatic heterocycles. The van der Waals surface area contributed by atoms with Crippen LogP contribution in [0.2, 0.25) is 0 Å². The Morgan fingerprint density at radius 1 is 1.41 bits per heavy atom. The van der Waals surface area contributed by atoms with Crippen molar-refractivity contribution in [2.75, 3.05) is 33.7 Å². The van der Waals surface area contributed by atoms with E-state index in [9.17, 15) is 13.2 Å². The van der Waals surface area contributed by atoms with Crippen LogP contribution in [0.25, 0.3) is 0 Å². The predicted molar refractivity (Wildman–Crippen MR) is 101 cm³/mol. The van der Waals surface area contributed by atoms with E-state index in [0.29, 0.717) is 19.6 Å². The molecule has 1 saturated heterocycles. The molecule has 1 atom stereocenters. The molecule has 0 saturated carbocycles. The second-order valence-corrected chi connectivity index (χ2v) is 8.55. The second-order valence-electron chi connectivity index (χ2n) is 6.43. The summed E-state index contributed by atoms with van der Waals surface area (Å²) in [6, 6.07) is 1.06. The molecule has 0 bridgehead atoms. The summed E-state index contributed by atoms with van der Waals surface area (Å²) >= 11 is 0. The number of carbonyl (C=O) groups is 1. The molecule has 0 aliphatic carbocycles. The molecule has 0 spiro atoms. The topological polar surface area (TPSA) is 101 Å². The zero-order valence-electron chi connectivity index (χ0n) is 15.7. The Morgan fingerprint density at radius 3 is 2.70 bits per heavy atom. The van der Waals surface area contributed by atoms with Gasteiger partial charge in [-0.15, -0.1) is 12.4 Å². The summed E-state index contributed by atoms with van der Waals surface area (Å²) in [4.78, 5) is 19.1. The smallest absolute Gasteiger partial charge is 0.290 e. The monoisotopic (exact) mass is 417 g/mol. The number of hydrogen-bond acceptors (Lipinski definition) is 6. The van der Waals surface area contributed by atoms with E-state index in [2.05, 4.69) is 10.3 Å². The standard InChI is InChI=1S/C16H23N5O4S.ClH/c1-11-14(26(23,24)19(2)3)9-13(25-11)16(22)21-8-5-17-10-12(21)15-18-6-7-20(15)4;/h6-7,9,12,17H,5,8,10H2,1-4H3;1H. The molecule has 0 radical (unpaired) electrons. The van der Waals surface area contributed by atoms with Crippen molar-refractivity contribution in [1.29, 1.82) is 0 Å². The minimum atomic E-state index is -3.67. The molecule has 1 unspecified atom stereocenters. The van der Waals surface area contributed by atoms with E-state index in [1.165, 1.54) is 20.2 Å². The number of halogens is 1. The predicted octanol–water partition coefficient (Wildman–Crippen LogP) is 0.780. The van der Waals surface area contributed by atoms with Gasteiger partial charge in [0.2, 0.25) is 10.0 Å². The third kappa shape index (κ3) is 3.88. The number of rotatable bonds is 4. The molecule has 1 N–H and O–H groups in total. The van der Waals surface area contributed by atoms with Gasteiger partial charge in [-0.25, -0.2) is 17.7 Å². The van der Waals surface area contributed by atoms with Crippen LogP contribution in [0.3, 0.4) is 0 Å². The van der Waals surface area contributed by atoms with Crippen molar-refractivity contribution in [3.05, 3.63) is 35.8 Å². The number of sulfonamides is 1. The van der Waals surface area contributed by atoms with Crippen LogP contribution in [0.15, 0.2) is 27.8 Å². The first kappa shape index (κ1) is 21.4. The van der Waals surface area contributed by atoms with Gasteiger partial charge in [0.15, 0.2) is 5.76 Å². The van der Waals surface area contributed by atoms with E-state index in [0.717, 1.165) is 10.1 Å². The maximum absolute atomic E-state index is 13.0. The lowest BCUT2D eigenvalue weighted by molar-refractivity contribution is 0.0587. The lowest BCUT2D eigenvalue weighted by Gasteiger charge is -2.35. The Labute approximate surface area is 164 Å². The highest BCUT2D eigenvalue weighted by atomic mass is 35.5. The van der Waals surface area contributed by atoms with Crippen LogP contribution in [0.1, 0.15) is 28.2 Å². The van der Waals surface area contributed by atoms with Crippen LogP contribution in [-0.2, 0) is 17.1 Å². The van der Waals surface area contributed by atoms with Crippen LogP contribution in [-0.4, -0.2) is 66.8 Å². The summed E-state index contributed by atoms with van der Waals surface area (Å²) in [6.07, 6.45) is 3.51. The number of hydrogen-bond donors (Lipinski definition) is 1. The molecule has 150 valence electrons. The van der Waals surface area contributed by atoms with Gasteiger partial charge in [0.05, 0.1) is 0 Å². The first-order valence-corrected chi connectivity index (χ1v) is 9.69. The zero-order valence-corrected chi connectivity index (χ0v) is 17.3. The number of imidazole rings is 1. The maximum Gasteiger partial charge on any atom is 0.290 e. The number of carbonyl (C=O) groups excluding carboxylic acids is 1. The molecule has 0 aromatic carbocycles. The molecule has 9 nitrogen and oxygen atoms in total. The summed E-state index contributed by atoms with van der Waals surface area (Å²) in [5, 5.41) is 3.26. The number of nitrogens with zero attached hydrogens (tertiary/aromatic N) is 4. The Balaban J connectivity index is 0.00000261. The summed E-state index contributed by atoms with van der Waals surface area (Å²) in [5.41, 5.74) is 0. The fraction of sp³-hybridized carbons (Fsp3) is 0.500. The minimum Gasteiger partial charge on any atom is -0.455 e. The molecule has 27 heavy (non-hydrogen) atoms. The molecule has 2 aromatic rings. The van der Waals surface area contributed by atoms with Gasteiger partial charge in [0.1, 0.15) is 22.5 Å². The molecular weight excluding hydrogens is 394 g/mol. The van der Waals surface area contributed by atoms with Crippen LogP contribution in [0, 0.1) is 6.92 Å². The third-order valence-corrected chi connectivity index (χ3v) is 6.42. The van der Waals surface area contributed by atoms with Crippen LogP contribution in [0.4, 0.5) is 0 Å². The number of aromatic nitrogens is 2. The summed E-state index contributed by atoms with van der Waals surface area (Å²) < 4.78 is 33.2. The normalized spacial score (nSPS) is 17.8. The van der Waals surface area contributed by atoms with Gasteiger partial charge in [-0.3, -0.25) is 4.79 Å². The van der Waals surface area contributed by atoms with Crippen molar-refractivity contribution in [2.45, 2.75) is 17.9 Å². The Kier molecular flexibility index (Phi) is 6.35. The molecule has 1 amide bonds. The van der Waals surface area contributed by atoms with E-state index >= 15 is 0 Å². The van der Waals surface area contributed by atoms with Gasteiger partial charge >= 0.3 is 0 Å². The first-order chi connectivity index (χ1) is 12.2. The SMILES string of the molecule is Cc1oc(C(=O)N2CCNCC2c2nccn2C)cc1S(=O)(=O)N(C)C.Cl. The van der Waals surface area contributed by atoms with Gasteiger partial charge in [-0.1, -0.05) is 0 Å². The number of amides is 1. The molecule has 3 heterocycles. The van der Waals surface area contributed by atoms with Crippen molar-refractivity contribution < 1.29 is 17.6 Å². The van der Waals surface area contributed by atoms with Gasteiger partial charge in [-0.2, -0.15) is 0 Å². The lowest BCUT2D eigenvalue weighted by atomic mass is 10.1. The van der Waals surface area contributed by atoms with Crippen molar-refractivity contribution in [3.63, 3.8) is 0 Å². The highest BCUT2D eigenvalue weighted by Gasteiger charge is 2.34. The Morgan fingerprint density at radius 2 is 2.11 bits per heavy atom. The maximum atomic E-state index is 13.0. The molecule has 1 fully saturated rings. The summed E-state index contributed by atoms with van der Waals surface area (Å²) in [6.45, 7) is 3.24. The zero-order chi connectivity index (χ0) is 19.1. The van der Waals surface area contributed by atoms with Crippen LogP contribution >= 0.6 is 12.4 Å². The first-order valence-electron chi connectivity index (χ1n) is 8.25. The average molecular weight is 418 g/mol. The Hall–Kier alpha value is -1.88. The van der Waals surface area contributed by atoms with Gasteiger partial charge < -0.3 is 19.2 Å². The Bertz CT molecular complexity index is 921. The van der Waals surface area contributed by atoms with E-state index in [4.69, 9.17) is 4.42 Å². The van der Waals surface area contributed by atoms with Crippen molar-refractivity contribution in [2.24, 2.45) is 7.05 Å². The van der Waals surface area contributed by atoms with Gasteiger partial charge in [0, 0.05) is 59.2 Å². The van der Waals surface area contributed by atoms with Crippen molar-refractivity contribution in [3.8, 4) is 0 Å². The van der Waals surface area contributed by atoms with Gasteiger partial charge in [0.25, 0.3) is 5.91 Å². The molecule has 1 aliphatic rings. The largest absolute Gasteiger partial charge is 0.455 e. The van der Waals surface area contributed by atoms with E-state index in [-0.39, 0.29) is 40.8 Å². The summed E-state index contributed by atoms with van der Waals surface area (Å²) in [5.74, 6) is 0.632. The van der Waals surface area contributed by atoms with Gasteiger partial charge in [-0.05, 0) is 6.92 Å². The molecule has 3 rings (SSSR count). The second kappa shape index (κ2) is 8.01. The number of nitrogens with one attached hydrogen (secondary N) is 1. The average Bonchev–Trinajstić information content (AvgIpc) is 3.20. The third-order valence-electron chi connectivity index (χ3n) is 4.50. The minimum absolute atomic E-state index is 0. The highest BCUT2D eigenvalue weighted by molar-refractivity contribution is 7.89. The summed E-state index contributed by atoms with van der Waals surface area (Å²) in [7, 11) is 1.08. The van der Waals surface area contributed by atoms with E-state index in [1.54, 1.807) is 18.0 Å². The van der Waals surface area contributed by atoms with E-state index in [1.807, 2.05) is 17.8 Å². The van der Waals surface area contributed by atoms with Crippen molar-refractivity contribution in [1.82, 2.24) is 24.1 Å². The molecule has 2 aromatic heterocycles. The fourth-order valence-corrected chi connectivity index (χ4v) is 4.10. The quantitative estimate of drug-likeness (QED) is 0.788. The van der Waals surface area contributed by atoms with Crippen molar-refractivity contribution >= 4 is 28.3 Å². The molecular formula is C16H24ClN5O4S. The number of piperazine rings is 1. The van der Waals surface area contributed by atoms with Crippen LogP contribution in [0.5, 0.6) is 0 Å². The van der Waals surface area contributed by atoms with Crippen LogP contribution < -0.4 is 5.32 Å². The highest BCUT2D eigenvalue weighted by Crippen LogP contribution is 2.27. The molecule has 11 heteroatoms. The number of aryl methyl sites for hydroxylation is 2. The lowest BCUT2D eigenvalue weighted by Crippen LogP contribution is -2.49. The fourth-order valence-electron chi connectivity index (χ4n) is 3.04.